The summed E-state index contributed by atoms with van der Waals surface area (Å²) in [5.41, 5.74) is 0. The maximum absolute atomic E-state index is 5.87. The molecule has 0 aliphatic rings. The summed E-state index contributed by atoms with van der Waals surface area (Å²) in [6, 6.07) is 4.04. The van der Waals surface area contributed by atoms with Crippen molar-refractivity contribution < 1.29 is 23.4 Å². The fourth-order valence-corrected chi connectivity index (χ4v) is 2.43. The van der Waals surface area contributed by atoms with Crippen LogP contribution in [0.15, 0.2) is 16.5 Å². The zero-order valence-electron chi connectivity index (χ0n) is 13.8. The first-order valence-electron chi connectivity index (χ1n) is 7.37. The van der Waals surface area contributed by atoms with E-state index in [0.29, 0.717) is 0 Å². The molecule has 0 aliphatic heterocycles. The topological polar surface area (TPSA) is 50.1 Å². The molecule has 21 heavy (non-hydrogen) atoms. The third-order valence-electron chi connectivity index (χ3n) is 3.71. The second-order valence-electron chi connectivity index (χ2n) is 5.02. The van der Waals surface area contributed by atoms with Crippen molar-refractivity contribution in [2.45, 2.75) is 45.2 Å². The zero-order chi connectivity index (χ0) is 15.7. The fourth-order valence-electron chi connectivity index (χ4n) is 2.43. The van der Waals surface area contributed by atoms with Crippen LogP contribution >= 0.6 is 0 Å². The van der Waals surface area contributed by atoms with Crippen molar-refractivity contribution in [3.8, 4) is 0 Å². The standard InChI is InChI=1S/C16H28O5/c1-6-12(16(19-4)20-5)11-14-8-7-13(21-14)9-10-15(17-2)18-3/h7-8,12,15-16H,6,9-11H2,1-5H3. The number of ether oxygens (including phenoxy) is 4. The van der Waals surface area contributed by atoms with Gasteiger partial charge in [-0.1, -0.05) is 6.92 Å². The van der Waals surface area contributed by atoms with Gasteiger partial charge >= 0.3 is 0 Å². The summed E-state index contributed by atoms with van der Waals surface area (Å²) < 4.78 is 26.9. The maximum Gasteiger partial charge on any atom is 0.160 e. The average Bonchev–Trinajstić information content (AvgIpc) is 2.96. The minimum Gasteiger partial charge on any atom is -0.466 e. The van der Waals surface area contributed by atoms with Crippen LogP contribution in [-0.2, 0) is 31.8 Å². The van der Waals surface area contributed by atoms with Crippen LogP contribution < -0.4 is 0 Å². The van der Waals surface area contributed by atoms with Crippen molar-refractivity contribution in [3.05, 3.63) is 23.7 Å². The predicted octanol–water partition coefficient (Wildman–Crippen LogP) is 3.02. The number of hydrogen-bond acceptors (Lipinski definition) is 5. The highest BCUT2D eigenvalue weighted by atomic mass is 16.7. The summed E-state index contributed by atoms with van der Waals surface area (Å²) in [5.74, 6) is 2.19. The monoisotopic (exact) mass is 300 g/mol. The summed E-state index contributed by atoms with van der Waals surface area (Å²) in [7, 11) is 6.62. The van der Waals surface area contributed by atoms with Crippen LogP contribution in [0.4, 0.5) is 0 Å². The lowest BCUT2D eigenvalue weighted by Gasteiger charge is -2.22. The van der Waals surface area contributed by atoms with Crippen molar-refractivity contribution >= 4 is 0 Å². The highest BCUT2D eigenvalue weighted by Crippen LogP contribution is 2.21. The van der Waals surface area contributed by atoms with Crippen molar-refractivity contribution in [3.63, 3.8) is 0 Å². The Bertz CT molecular complexity index is 368. The first-order valence-corrected chi connectivity index (χ1v) is 7.37. The molecule has 1 unspecified atom stereocenters. The van der Waals surface area contributed by atoms with E-state index in [1.54, 1.807) is 28.4 Å². The van der Waals surface area contributed by atoms with Crippen LogP contribution in [0.3, 0.4) is 0 Å². The first kappa shape index (κ1) is 18.2. The van der Waals surface area contributed by atoms with E-state index < -0.39 is 0 Å². The Labute approximate surface area is 127 Å². The normalized spacial score (nSPS) is 13.3. The van der Waals surface area contributed by atoms with Crippen molar-refractivity contribution in [2.24, 2.45) is 5.92 Å². The summed E-state index contributed by atoms with van der Waals surface area (Å²) >= 11 is 0. The van der Waals surface area contributed by atoms with Crippen molar-refractivity contribution in [1.82, 2.24) is 0 Å². The van der Waals surface area contributed by atoms with E-state index in [4.69, 9.17) is 23.4 Å². The fraction of sp³-hybridized carbons (Fsp3) is 0.750. The van der Waals surface area contributed by atoms with Gasteiger partial charge in [0.05, 0.1) is 0 Å². The molecule has 1 atom stereocenters. The molecule has 0 radical (unpaired) electrons. The Morgan fingerprint density at radius 2 is 1.57 bits per heavy atom. The van der Waals surface area contributed by atoms with E-state index in [9.17, 15) is 0 Å². The lowest BCUT2D eigenvalue weighted by molar-refractivity contribution is -0.138. The van der Waals surface area contributed by atoms with Crippen LogP contribution in [0, 0.1) is 5.92 Å². The zero-order valence-corrected chi connectivity index (χ0v) is 13.8. The van der Waals surface area contributed by atoms with Gasteiger partial charge in [-0.05, 0) is 18.6 Å². The molecule has 0 bridgehead atoms. The Morgan fingerprint density at radius 3 is 2.10 bits per heavy atom. The van der Waals surface area contributed by atoms with E-state index in [1.807, 2.05) is 12.1 Å². The number of furan rings is 1. The van der Waals surface area contributed by atoms with E-state index >= 15 is 0 Å². The Hall–Kier alpha value is -0.880. The van der Waals surface area contributed by atoms with E-state index in [1.165, 1.54) is 0 Å². The van der Waals surface area contributed by atoms with Gasteiger partial charge in [-0.3, -0.25) is 0 Å². The summed E-state index contributed by atoms with van der Waals surface area (Å²) in [6.07, 6.45) is 2.96. The van der Waals surface area contributed by atoms with Gasteiger partial charge in [0.25, 0.3) is 0 Å². The summed E-state index contributed by atoms with van der Waals surface area (Å²) in [5, 5.41) is 0. The molecule has 0 aromatic carbocycles. The molecule has 5 nitrogen and oxygen atoms in total. The number of methoxy groups -OCH3 is 4. The lowest BCUT2D eigenvalue weighted by Crippen LogP contribution is -2.25. The average molecular weight is 300 g/mol. The van der Waals surface area contributed by atoms with Crippen molar-refractivity contribution in [1.29, 1.82) is 0 Å². The summed E-state index contributed by atoms with van der Waals surface area (Å²) in [4.78, 5) is 0. The molecule has 1 heterocycles. The van der Waals surface area contributed by atoms with E-state index in [2.05, 4.69) is 6.92 Å². The van der Waals surface area contributed by atoms with E-state index in [0.717, 1.165) is 37.2 Å². The third-order valence-corrected chi connectivity index (χ3v) is 3.71. The van der Waals surface area contributed by atoms with Gasteiger partial charge in [-0.2, -0.15) is 0 Å². The molecular formula is C16H28O5. The van der Waals surface area contributed by atoms with Gasteiger partial charge in [-0.25, -0.2) is 0 Å². The van der Waals surface area contributed by atoms with Gasteiger partial charge in [-0.15, -0.1) is 0 Å². The quantitative estimate of drug-likeness (QED) is 0.588. The number of hydrogen-bond donors (Lipinski definition) is 0. The molecule has 122 valence electrons. The Morgan fingerprint density at radius 1 is 0.952 bits per heavy atom. The van der Waals surface area contributed by atoms with Crippen LogP contribution in [0.2, 0.25) is 0 Å². The molecule has 0 amide bonds. The highest BCUT2D eigenvalue weighted by Gasteiger charge is 2.21. The van der Waals surface area contributed by atoms with Crippen LogP contribution in [0.25, 0.3) is 0 Å². The van der Waals surface area contributed by atoms with Gasteiger partial charge in [0, 0.05) is 53.6 Å². The third kappa shape index (κ3) is 5.79. The predicted molar refractivity (Wildman–Crippen MR) is 80.1 cm³/mol. The number of aryl methyl sites for hydroxylation is 1. The Kier molecular flexibility index (Phi) is 8.61. The molecule has 0 saturated carbocycles. The smallest absolute Gasteiger partial charge is 0.160 e. The molecule has 0 saturated heterocycles. The molecule has 1 aromatic rings. The minimum atomic E-state index is -0.199. The molecular weight excluding hydrogens is 272 g/mol. The highest BCUT2D eigenvalue weighted by molar-refractivity contribution is 5.08. The first-order chi connectivity index (χ1) is 10.2. The molecule has 1 aromatic heterocycles. The molecule has 1 rings (SSSR count). The molecule has 5 heteroatoms. The maximum atomic E-state index is 5.87. The van der Waals surface area contributed by atoms with Gasteiger partial charge in [0.1, 0.15) is 11.5 Å². The van der Waals surface area contributed by atoms with Gasteiger partial charge in [0.2, 0.25) is 0 Å². The van der Waals surface area contributed by atoms with Crippen molar-refractivity contribution in [2.75, 3.05) is 28.4 Å². The number of rotatable bonds is 11. The van der Waals surface area contributed by atoms with Gasteiger partial charge in [0.15, 0.2) is 12.6 Å². The van der Waals surface area contributed by atoms with Gasteiger partial charge < -0.3 is 23.4 Å². The molecule has 0 fully saturated rings. The minimum absolute atomic E-state index is 0.187. The lowest BCUT2D eigenvalue weighted by atomic mass is 10.0. The largest absolute Gasteiger partial charge is 0.466 e. The van der Waals surface area contributed by atoms with Crippen LogP contribution in [0.1, 0.15) is 31.3 Å². The molecule has 0 spiro atoms. The SMILES string of the molecule is CCC(Cc1ccc(CCC(OC)OC)o1)C(OC)OC. The molecule has 0 aliphatic carbocycles. The second-order valence-corrected chi connectivity index (χ2v) is 5.02. The Balaban J connectivity index is 2.53. The van der Waals surface area contributed by atoms with Crippen LogP contribution in [-0.4, -0.2) is 41.0 Å². The van der Waals surface area contributed by atoms with E-state index in [-0.39, 0.29) is 18.5 Å². The molecule has 0 N–H and O–H groups in total. The summed E-state index contributed by atoms with van der Waals surface area (Å²) in [6.45, 7) is 2.13. The second kappa shape index (κ2) is 9.95. The van der Waals surface area contributed by atoms with Crippen LogP contribution in [0.5, 0.6) is 0 Å².